The van der Waals surface area contributed by atoms with Gasteiger partial charge in [0.05, 0.1) is 5.56 Å². The second-order valence-electron chi connectivity index (χ2n) is 9.16. The van der Waals surface area contributed by atoms with Gasteiger partial charge in [-0.1, -0.05) is 29.8 Å². The SMILES string of the molecule is Cc1ccc(CN2CCN(Cc3c(O)cc(O)c4c(=O)cc(-c5ccc(O)cc5)oc34)CC2)cc1. The number of nitrogens with zero attached hydrogens (tertiary/aromatic N) is 2. The lowest BCUT2D eigenvalue weighted by Crippen LogP contribution is -2.45. The minimum Gasteiger partial charge on any atom is -0.508 e. The number of aromatic hydroxyl groups is 3. The van der Waals surface area contributed by atoms with Gasteiger partial charge in [-0.3, -0.25) is 14.6 Å². The summed E-state index contributed by atoms with van der Waals surface area (Å²) in [5.41, 5.74) is 3.41. The maximum atomic E-state index is 12.9. The van der Waals surface area contributed by atoms with Gasteiger partial charge < -0.3 is 19.7 Å². The lowest BCUT2D eigenvalue weighted by Gasteiger charge is -2.35. The Morgan fingerprint density at radius 3 is 2.09 bits per heavy atom. The van der Waals surface area contributed by atoms with Crippen molar-refractivity contribution in [2.75, 3.05) is 26.2 Å². The minimum absolute atomic E-state index is 0.0540. The normalized spacial score (nSPS) is 15.0. The molecule has 0 amide bonds. The fraction of sp³-hybridized carbons (Fsp3) is 0.250. The van der Waals surface area contributed by atoms with E-state index >= 15 is 0 Å². The van der Waals surface area contributed by atoms with Crippen molar-refractivity contribution in [1.29, 1.82) is 0 Å². The predicted molar refractivity (Wildman–Crippen MR) is 135 cm³/mol. The molecule has 0 unspecified atom stereocenters. The minimum atomic E-state index is -0.393. The number of fused-ring (bicyclic) bond motifs is 1. The number of hydrogen-bond acceptors (Lipinski definition) is 7. The van der Waals surface area contributed by atoms with Crippen molar-refractivity contribution in [3.05, 3.63) is 87.6 Å². The Labute approximate surface area is 203 Å². The molecule has 1 fully saturated rings. The number of benzene rings is 3. The van der Waals surface area contributed by atoms with Gasteiger partial charge in [0.2, 0.25) is 0 Å². The van der Waals surface area contributed by atoms with Crippen molar-refractivity contribution in [3.63, 3.8) is 0 Å². The van der Waals surface area contributed by atoms with Gasteiger partial charge in [0.1, 0.15) is 28.4 Å². The van der Waals surface area contributed by atoms with E-state index in [1.54, 1.807) is 12.1 Å². The number of piperazine rings is 1. The summed E-state index contributed by atoms with van der Waals surface area (Å²) in [5, 5.41) is 30.7. The van der Waals surface area contributed by atoms with E-state index in [0.29, 0.717) is 23.4 Å². The molecule has 2 heterocycles. The average Bonchev–Trinajstić information content (AvgIpc) is 2.84. The molecular formula is C28H28N2O5. The van der Waals surface area contributed by atoms with Crippen LogP contribution in [-0.4, -0.2) is 51.3 Å². The third-order valence-electron chi connectivity index (χ3n) is 6.59. The molecule has 7 heteroatoms. The van der Waals surface area contributed by atoms with E-state index in [4.69, 9.17) is 4.42 Å². The molecular weight excluding hydrogens is 444 g/mol. The van der Waals surface area contributed by atoms with E-state index in [-0.39, 0.29) is 28.2 Å². The van der Waals surface area contributed by atoms with Gasteiger partial charge in [-0.05, 0) is 36.8 Å². The van der Waals surface area contributed by atoms with Crippen LogP contribution in [0.3, 0.4) is 0 Å². The summed E-state index contributed by atoms with van der Waals surface area (Å²) in [4.78, 5) is 17.5. The van der Waals surface area contributed by atoms with E-state index in [0.717, 1.165) is 32.7 Å². The van der Waals surface area contributed by atoms with Crippen LogP contribution in [0.2, 0.25) is 0 Å². The molecule has 5 rings (SSSR count). The van der Waals surface area contributed by atoms with Crippen molar-refractivity contribution in [2.24, 2.45) is 0 Å². The number of phenols is 3. The number of phenolic OH excluding ortho intramolecular Hbond substituents is 3. The zero-order chi connectivity index (χ0) is 24.5. The molecule has 0 atom stereocenters. The summed E-state index contributed by atoms with van der Waals surface area (Å²) >= 11 is 0. The van der Waals surface area contributed by atoms with Gasteiger partial charge in [-0.25, -0.2) is 0 Å². The molecule has 180 valence electrons. The standard InChI is InChI=1S/C28H28N2O5/c1-18-2-4-19(5-3-18)16-29-10-12-30(13-11-29)17-22-23(32)14-24(33)27-25(34)15-26(35-28(22)27)20-6-8-21(31)9-7-20/h2-9,14-15,31-33H,10-13,16-17H2,1H3. The third kappa shape index (κ3) is 4.87. The highest BCUT2D eigenvalue weighted by Crippen LogP contribution is 2.36. The molecule has 0 aliphatic carbocycles. The van der Waals surface area contributed by atoms with Gasteiger partial charge in [0, 0.05) is 57.0 Å². The highest BCUT2D eigenvalue weighted by Gasteiger charge is 2.23. The van der Waals surface area contributed by atoms with Gasteiger partial charge in [0.15, 0.2) is 11.0 Å². The molecule has 3 aromatic carbocycles. The zero-order valence-corrected chi connectivity index (χ0v) is 19.6. The number of aryl methyl sites for hydroxylation is 1. The largest absolute Gasteiger partial charge is 0.508 e. The number of rotatable bonds is 5. The summed E-state index contributed by atoms with van der Waals surface area (Å²) in [6.45, 7) is 6.74. The van der Waals surface area contributed by atoms with E-state index in [1.165, 1.54) is 35.4 Å². The van der Waals surface area contributed by atoms with Crippen molar-refractivity contribution in [3.8, 4) is 28.6 Å². The van der Waals surface area contributed by atoms with Crippen LogP contribution in [0.1, 0.15) is 16.7 Å². The van der Waals surface area contributed by atoms with Crippen molar-refractivity contribution in [1.82, 2.24) is 9.80 Å². The lowest BCUT2D eigenvalue weighted by molar-refractivity contribution is 0.121. The summed E-state index contributed by atoms with van der Waals surface area (Å²) < 4.78 is 6.07. The lowest BCUT2D eigenvalue weighted by atomic mass is 10.1. The molecule has 1 aromatic heterocycles. The molecule has 4 aromatic rings. The van der Waals surface area contributed by atoms with Crippen LogP contribution in [0, 0.1) is 6.92 Å². The van der Waals surface area contributed by atoms with Crippen LogP contribution in [0.5, 0.6) is 17.2 Å². The Bertz CT molecular complexity index is 1400. The van der Waals surface area contributed by atoms with Gasteiger partial charge in [0.25, 0.3) is 0 Å². The maximum absolute atomic E-state index is 12.9. The van der Waals surface area contributed by atoms with Crippen LogP contribution in [0.4, 0.5) is 0 Å². The van der Waals surface area contributed by atoms with Crippen molar-refractivity contribution >= 4 is 11.0 Å². The van der Waals surface area contributed by atoms with Crippen LogP contribution in [0.15, 0.2) is 69.9 Å². The quantitative estimate of drug-likeness (QED) is 0.400. The van der Waals surface area contributed by atoms with E-state index in [2.05, 4.69) is 41.0 Å². The highest BCUT2D eigenvalue weighted by molar-refractivity contribution is 5.89. The first kappa shape index (κ1) is 23.0. The van der Waals surface area contributed by atoms with E-state index < -0.39 is 5.43 Å². The average molecular weight is 473 g/mol. The fourth-order valence-electron chi connectivity index (χ4n) is 4.56. The second-order valence-corrected chi connectivity index (χ2v) is 9.16. The smallest absolute Gasteiger partial charge is 0.197 e. The summed E-state index contributed by atoms with van der Waals surface area (Å²) in [6.07, 6.45) is 0. The van der Waals surface area contributed by atoms with Gasteiger partial charge >= 0.3 is 0 Å². The molecule has 0 bridgehead atoms. The molecule has 7 nitrogen and oxygen atoms in total. The first-order valence-corrected chi connectivity index (χ1v) is 11.7. The second kappa shape index (κ2) is 9.44. The molecule has 1 aliphatic heterocycles. The summed E-state index contributed by atoms with van der Waals surface area (Å²) in [7, 11) is 0. The summed E-state index contributed by atoms with van der Waals surface area (Å²) in [6, 6.07) is 17.4. The molecule has 1 aliphatic rings. The molecule has 0 saturated carbocycles. The van der Waals surface area contributed by atoms with Crippen LogP contribution < -0.4 is 5.43 Å². The molecule has 0 radical (unpaired) electrons. The van der Waals surface area contributed by atoms with E-state index in [1.807, 2.05) is 0 Å². The Morgan fingerprint density at radius 1 is 0.800 bits per heavy atom. The number of hydrogen-bond donors (Lipinski definition) is 3. The maximum Gasteiger partial charge on any atom is 0.197 e. The highest BCUT2D eigenvalue weighted by atomic mass is 16.3. The summed E-state index contributed by atoms with van der Waals surface area (Å²) in [5.74, 6) is -0.00989. The predicted octanol–water partition coefficient (Wildman–Crippen LogP) is 4.20. The Kier molecular flexibility index (Phi) is 6.19. The Balaban J connectivity index is 1.39. The third-order valence-corrected chi connectivity index (χ3v) is 6.59. The van der Waals surface area contributed by atoms with Crippen LogP contribution >= 0.6 is 0 Å². The first-order valence-electron chi connectivity index (χ1n) is 11.7. The van der Waals surface area contributed by atoms with Gasteiger partial charge in [-0.15, -0.1) is 0 Å². The zero-order valence-electron chi connectivity index (χ0n) is 19.6. The van der Waals surface area contributed by atoms with Crippen LogP contribution in [0.25, 0.3) is 22.3 Å². The van der Waals surface area contributed by atoms with Crippen molar-refractivity contribution in [2.45, 2.75) is 20.0 Å². The molecule has 3 N–H and O–H groups in total. The van der Waals surface area contributed by atoms with Gasteiger partial charge in [-0.2, -0.15) is 0 Å². The molecule has 35 heavy (non-hydrogen) atoms. The fourth-order valence-corrected chi connectivity index (χ4v) is 4.56. The monoisotopic (exact) mass is 472 g/mol. The topological polar surface area (TPSA) is 97.4 Å². The Morgan fingerprint density at radius 2 is 1.43 bits per heavy atom. The first-order chi connectivity index (χ1) is 16.9. The van der Waals surface area contributed by atoms with Crippen molar-refractivity contribution < 1.29 is 19.7 Å². The van der Waals surface area contributed by atoms with Crippen LogP contribution in [-0.2, 0) is 13.1 Å². The van der Waals surface area contributed by atoms with E-state index in [9.17, 15) is 20.1 Å². The Hall–Kier alpha value is -3.81. The molecule has 1 saturated heterocycles. The molecule has 0 spiro atoms.